The second kappa shape index (κ2) is 30.9. The Kier molecular flexibility index (Phi) is 25.5. The normalized spacial score (nSPS) is 15.4. The number of methoxy groups -OCH3 is 5. The topological polar surface area (TPSA) is 268 Å². The highest BCUT2D eigenvalue weighted by Crippen LogP contribution is 2.54. The number of halogens is 5. The number of carbonyl (C=O) groups excluding carboxylic acids is 5. The van der Waals surface area contributed by atoms with E-state index in [1.54, 1.807) is 48.5 Å². The third-order valence-corrected chi connectivity index (χ3v) is 28.4. The molecule has 5 atom stereocenters. The van der Waals surface area contributed by atoms with Gasteiger partial charge in [0.15, 0.2) is 58.8 Å². The van der Waals surface area contributed by atoms with Gasteiger partial charge in [-0.05, 0) is 174 Å². The van der Waals surface area contributed by atoms with Gasteiger partial charge in [-0.2, -0.15) is 9.21 Å². The van der Waals surface area contributed by atoms with Crippen LogP contribution in [-0.4, -0.2) is 164 Å². The van der Waals surface area contributed by atoms with E-state index in [1.165, 1.54) is 115 Å². The summed E-state index contributed by atoms with van der Waals surface area (Å²) in [6.45, 7) is 8.36. The molecule has 0 bridgehead atoms. The fourth-order valence-electron chi connectivity index (χ4n) is 11.2. The monoisotopic (exact) mass is 1530 g/mol. The molecule has 0 fully saturated rings. The molecule has 0 amide bonds. The van der Waals surface area contributed by atoms with E-state index in [4.69, 9.17) is 81.7 Å². The first-order chi connectivity index (χ1) is 44.8. The Bertz CT molecular complexity index is 4320. The average Bonchev–Trinajstić information content (AvgIpc) is 0.718. The standard InChI is InChI=1S/C69H77Cl5O18S5/c1-14-15-16-17-18-54-55(44-21-31-50(32-22-44)94(80,81)40-66(3,71)61(76)89-8)57(46-19-29-49(30-20-46)93(12,13)39-65(2,70)60(75)88-7)59(48-27-37-53(38-28-48)97(86,87)43-69(6,74)64(79)92-11)58(47-25-35-52(36-26-47)96(84,85)42-68(5,73)63(78)91-10)56(54)45-23-33-51(34-24-45)95(82,83)41-67(4,72)62(77)90-9/h19-38H,12-18,39-43H2,1-11H3. The first kappa shape index (κ1) is 80.0. The molecule has 0 aliphatic heterocycles. The van der Waals surface area contributed by atoms with Gasteiger partial charge < -0.3 is 23.7 Å². The number of esters is 5. The molecule has 0 aliphatic carbocycles. The van der Waals surface area contributed by atoms with Gasteiger partial charge in [0.2, 0.25) is 0 Å². The van der Waals surface area contributed by atoms with Crippen molar-refractivity contribution in [3.63, 3.8) is 0 Å². The van der Waals surface area contributed by atoms with Gasteiger partial charge in [0.05, 0.1) is 78.1 Å². The second-order valence-corrected chi connectivity index (χ2v) is 39.4. The quantitative estimate of drug-likeness (QED) is 0.0133. The minimum absolute atomic E-state index is 0.0323. The van der Waals surface area contributed by atoms with Crippen LogP contribution in [0.4, 0.5) is 0 Å². The maximum Gasteiger partial charge on any atom is 0.327 e. The molecule has 0 radical (unpaired) electrons. The minimum Gasteiger partial charge on any atom is -0.468 e. The maximum absolute atomic E-state index is 14.4. The Hall–Kier alpha value is -5.99. The van der Waals surface area contributed by atoms with Crippen molar-refractivity contribution in [2.45, 2.75) is 122 Å². The summed E-state index contributed by atoms with van der Waals surface area (Å²) in [7, 11) is -14.5. The van der Waals surface area contributed by atoms with Gasteiger partial charge in [0.1, 0.15) is 4.87 Å². The van der Waals surface area contributed by atoms with Gasteiger partial charge in [0.25, 0.3) is 0 Å². The first-order valence-electron chi connectivity index (χ1n) is 29.8. The lowest BCUT2D eigenvalue weighted by molar-refractivity contribution is -0.143. The lowest BCUT2D eigenvalue weighted by Gasteiger charge is -2.29. The predicted molar refractivity (Wildman–Crippen MR) is 386 cm³/mol. The van der Waals surface area contributed by atoms with Crippen LogP contribution in [0.3, 0.4) is 0 Å². The van der Waals surface area contributed by atoms with E-state index in [9.17, 15) is 57.6 Å². The summed E-state index contributed by atoms with van der Waals surface area (Å²) in [5.41, 5.74) is 4.41. The molecule has 0 heterocycles. The van der Waals surface area contributed by atoms with Gasteiger partial charge in [-0.3, -0.25) is 24.0 Å². The molecule has 0 spiro atoms. The van der Waals surface area contributed by atoms with Crippen LogP contribution in [0.2, 0.25) is 0 Å². The molecule has 6 rings (SSSR count). The summed E-state index contributed by atoms with van der Waals surface area (Å²) in [4.78, 5) is 54.1. The lowest BCUT2D eigenvalue weighted by Crippen LogP contribution is -2.37. The van der Waals surface area contributed by atoms with Crippen LogP contribution in [0, 0.1) is 0 Å². The summed E-state index contributed by atoms with van der Waals surface area (Å²) in [6, 6.07) is 30.1. The minimum atomic E-state index is -4.41. The highest BCUT2D eigenvalue weighted by Gasteiger charge is 2.42. The van der Waals surface area contributed by atoms with Crippen molar-refractivity contribution in [2.75, 3.05) is 64.3 Å². The van der Waals surface area contributed by atoms with Crippen LogP contribution in [-0.2, 0) is 93.4 Å². The van der Waals surface area contributed by atoms with Gasteiger partial charge >= 0.3 is 29.8 Å². The predicted octanol–water partition coefficient (Wildman–Crippen LogP) is 13.1. The van der Waals surface area contributed by atoms with Crippen LogP contribution in [0.15, 0.2) is 146 Å². The molecule has 18 nitrogen and oxygen atoms in total. The third-order valence-electron chi connectivity index (χ3n) is 16.0. The number of unbranched alkanes of at least 4 members (excludes halogenated alkanes) is 3. The number of alkyl halides is 5. The molecule has 0 N–H and O–H groups in total. The van der Waals surface area contributed by atoms with E-state index in [0.717, 1.165) is 41.3 Å². The number of benzene rings is 6. The summed E-state index contributed by atoms with van der Waals surface area (Å²) < 4.78 is 139. The molecule has 5 unspecified atom stereocenters. The molecule has 0 aliphatic rings. The lowest BCUT2D eigenvalue weighted by atomic mass is 9.74. The Morgan fingerprint density at radius 1 is 0.330 bits per heavy atom. The van der Waals surface area contributed by atoms with Gasteiger partial charge in [0, 0.05) is 5.75 Å². The zero-order chi connectivity index (χ0) is 72.9. The Morgan fingerprint density at radius 2 is 0.536 bits per heavy atom. The van der Waals surface area contributed by atoms with Crippen molar-refractivity contribution in [3.05, 3.63) is 127 Å². The molecule has 97 heavy (non-hydrogen) atoms. The molecule has 0 saturated carbocycles. The van der Waals surface area contributed by atoms with E-state index >= 15 is 0 Å². The fourth-order valence-corrected chi connectivity index (χ4v) is 22.2. The zero-order valence-corrected chi connectivity index (χ0v) is 63.2. The van der Waals surface area contributed by atoms with E-state index in [-0.39, 0.29) is 31.8 Å². The van der Waals surface area contributed by atoms with E-state index in [1.807, 2.05) is 6.92 Å². The van der Waals surface area contributed by atoms with Crippen LogP contribution in [0.25, 0.3) is 55.6 Å². The van der Waals surface area contributed by atoms with Crippen molar-refractivity contribution >= 4 is 148 Å². The molecule has 0 saturated heterocycles. The number of hydrogen-bond donors (Lipinski definition) is 0. The number of rotatable bonds is 30. The SMILES string of the molecule is C=S(=C)(CC(C)(Cl)C(=O)OC)c1ccc(-c2c(-c3ccc(S(=O)(=O)CC(C)(Cl)C(=O)OC)cc3)c(CCCCCC)c(-c3ccc(S(=O)(=O)CC(C)(Cl)C(=O)OC)cc3)c(-c3ccc(S(=O)(=O)CC(C)(Cl)C(=O)OC)cc3)c2-c2ccc(S(=O)(=O)CC(C)(Cl)C(=O)OC)cc2)cc1. The van der Waals surface area contributed by atoms with Gasteiger partial charge in [-0.1, -0.05) is 98.6 Å². The summed E-state index contributed by atoms with van der Waals surface area (Å²) >= 11 is 32.9. The van der Waals surface area contributed by atoms with Crippen molar-refractivity contribution in [2.24, 2.45) is 0 Å². The van der Waals surface area contributed by atoms with E-state index < -0.39 is 126 Å². The van der Waals surface area contributed by atoms with Crippen LogP contribution >= 0.6 is 67.2 Å². The number of sulfone groups is 4. The Balaban J connectivity index is 1.93. The Labute approximate surface area is 594 Å². The summed E-state index contributed by atoms with van der Waals surface area (Å²) in [5.74, 6) is 0.643. The second-order valence-electron chi connectivity index (χ2n) is 24.5. The average molecular weight is 1530 g/mol. The smallest absolute Gasteiger partial charge is 0.327 e. The molecule has 6 aromatic carbocycles. The van der Waals surface area contributed by atoms with Crippen LogP contribution < -0.4 is 0 Å². The molecule has 28 heteroatoms. The van der Waals surface area contributed by atoms with Crippen LogP contribution in [0.1, 0.15) is 72.8 Å². The highest BCUT2D eigenvalue weighted by atomic mass is 35.5. The molecule has 526 valence electrons. The van der Waals surface area contributed by atoms with Crippen LogP contribution in [0.5, 0.6) is 0 Å². The van der Waals surface area contributed by atoms with Crippen molar-refractivity contribution in [1.29, 1.82) is 0 Å². The Morgan fingerprint density at radius 3 is 0.763 bits per heavy atom. The van der Waals surface area contributed by atoms with Crippen molar-refractivity contribution in [3.8, 4) is 55.6 Å². The number of ether oxygens (including phenoxy) is 5. The first-order valence-corrected chi connectivity index (χ1v) is 40.5. The molecular weight excluding hydrogens is 1450 g/mol. The molecular formula is C69H77Cl5O18S5. The van der Waals surface area contributed by atoms with Crippen molar-refractivity contribution in [1.82, 2.24) is 0 Å². The molecule has 0 aromatic heterocycles. The van der Waals surface area contributed by atoms with E-state index in [0.29, 0.717) is 78.9 Å². The largest absolute Gasteiger partial charge is 0.468 e. The summed E-state index contributed by atoms with van der Waals surface area (Å²) in [5, 5.41) is 0. The van der Waals surface area contributed by atoms with Crippen molar-refractivity contribution < 1.29 is 81.3 Å². The van der Waals surface area contributed by atoms with Gasteiger partial charge in [-0.15, -0.1) is 58.0 Å². The highest BCUT2D eigenvalue weighted by molar-refractivity contribution is 8.27. The summed E-state index contributed by atoms with van der Waals surface area (Å²) in [6.07, 6.45) is 3.01. The van der Waals surface area contributed by atoms with Gasteiger partial charge in [-0.25, -0.2) is 33.7 Å². The zero-order valence-electron chi connectivity index (χ0n) is 55.3. The fraction of sp³-hybridized carbons (Fsp3) is 0.377. The number of hydrogen-bond acceptors (Lipinski definition) is 18. The maximum atomic E-state index is 14.4. The van der Waals surface area contributed by atoms with E-state index in [2.05, 4.69) is 11.7 Å². The molecule has 6 aromatic rings. The third kappa shape index (κ3) is 18.5. The number of carbonyl (C=O) groups is 5.